The highest BCUT2D eigenvalue weighted by molar-refractivity contribution is 5.07. The summed E-state index contributed by atoms with van der Waals surface area (Å²) in [5.41, 5.74) is 0.932. The third-order valence-electron chi connectivity index (χ3n) is 1.46. The molecule has 2 aromatic heterocycles. The molecule has 0 aliphatic rings. The number of nitrogens with zero attached hydrogens (tertiary/aromatic N) is 3. The minimum atomic E-state index is 0.591. The smallest absolute Gasteiger partial charge is 0.222 e. The average molecular weight is 161 g/mol. The van der Waals surface area contributed by atoms with Crippen LogP contribution >= 0.6 is 0 Å². The van der Waals surface area contributed by atoms with Crippen molar-refractivity contribution in [1.82, 2.24) is 15.2 Å². The van der Waals surface area contributed by atoms with Crippen molar-refractivity contribution in [1.29, 1.82) is 0 Å². The lowest BCUT2D eigenvalue weighted by atomic mass is 10.3. The maximum Gasteiger partial charge on any atom is 0.222 e. The van der Waals surface area contributed by atoms with Crippen molar-refractivity contribution in [3.63, 3.8) is 0 Å². The normalized spacial score (nSPS) is 10.0. The first-order valence-corrected chi connectivity index (χ1v) is 3.60. The summed E-state index contributed by atoms with van der Waals surface area (Å²) in [6.07, 6.45) is 3.66. The first-order valence-electron chi connectivity index (χ1n) is 3.60. The summed E-state index contributed by atoms with van der Waals surface area (Å²) < 4.78 is 4.98. The van der Waals surface area contributed by atoms with Crippen LogP contribution in [0.15, 0.2) is 35.2 Å². The fourth-order valence-corrected chi connectivity index (χ4v) is 0.931. The van der Waals surface area contributed by atoms with Crippen LogP contribution in [0, 0.1) is 0 Å². The van der Waals surface area contributed by atoms with E-state index in [1.54, 1.807) is 6.20 Å². The predicted octanol–water partition coefficient (Wildman–Crippen LogP) is 1.06. The zero-order valence-corrected chi connectivity index (χ0v) is 6.34. The molecule has 0 bridgehead atoms. The lowest BCUT2D eigenvalue weighted by molar-refractivity contribution is 0.503. The minimum absolute atomic E-state index is 0.591. The molecule has 0 spiro atoms. The van der Waals surface area contributed by atoms with Gasteiger partial charge in [0.25, 0.3) is 0 Å². The van der Waals surface area contributed by atoms with Gasteiger partial charge in [-0.05, 0) is 12.1 Å². The molecule has 0 fully saturated rings. The van der Waals surface area contributed by atoms with Crippen molar-refractivity contribution in [3.05, 3.63) is 42.4 Å². The van der Waals surface area contributed by atoms with Crippen molar-refractivity contribution in [2.24, 2.45) is 0 Å². The molecule has 4 heteroatoms. The monoisotopic (exact) mass is 161 g/mol. The number of aromatic nitrogens is 3. The SMILES string of the molecule is c1ccc(Cc2nnco2)nc1. The highest BCUT2D eigenvalue weighted by Crippen LogP contribution is 2.01. The van der Waals surface area contributed by atoms with Crippen LogP contribution in [0.3, 0.4) is 0 Å². The third-order valence-corrected chi connectivity index (χ3v) is 1.46. The molecule has 4 nitrogen and oxygen atoms in total. The molecular weight excluding hydrogens is 154 g/mol. The molecule has 2 rings (SSSR count). The van der Waals surface area contributed by atoms with Gasteiger partial charge in [-0.3, -0.25) is 4.98 Å². The summed E-state index contributed by atoms with van der Waals surface area (Å²) in [6.45, 7) is 0. The van der Waals surface area contributed by atoms with Gasteiger partial charge in [0, 0.05) is 11.9 Å². The molecule has 0 saturated carbocycles. The lowest BCUT2D eigenvalue weighted by Gasteiger charge is -1.92. The van der Waals surface area contributed by atoms with Crippen LogP contribution < -0.4 is 0 Å². The van der Waals surface area contributed by atoms with E-state index in [1.165, 1.54) is 6.39 Å². The summed E-state index contributed by atoms with van der Waals surface area (Å²) in [7, 11) is 0. The van der Waals surface area contributed by atoms with Crippen molar-refractivity contribution in [3.8, 4) is 0 Å². The van der Waals surface area contributed by atoms with E-state index in [2.05, 4.69) is 15.2 Å². The second-order valence-electron chi connectivity index (χ2n) is 2.33. The van der Waals surface area contributed by atoms with Gasteiger partial charge in [0.05, 0.1) is 6.42 Å². The van der Waals surface area contributed by atoms with Crippen LogP contribution in [-0.2, 0) is 6.42 Å². The van der Waals surface area contributed by atoms with Crippen LogP contribution in [0.5, 0.6) is 0 Å². The Morgan fingerprint density at radius 3 is 3.00 bits per heavy atom. The Bertz CT molecular complexity index is 330. The largest absolute Gasteiger partial charge is 0.428 e. The Balaban J connectivity index is 2.15. The molecule has 2 heterocycles. The molecule has 0 aliphatic heterocycles. The molecule has 2 aromatic rings. The Kier molecular flexibility index (Phi) is 1.82. The molecule has 0 saturated heterocycles. The zero-order valence-electron chi connectivity index (χ0n) is 6.34. The van der Waals surface area contributed by atoms with E-state index in [0.717, 1.165) is 5.69 Å². The van der Waals surface area contributed by atoms with Crippen molar-refractivity contribution >= 4 is 0 Å². The van der Waals surface area contributed by atoms with Crippen molar-refractivity contribution in [2.45, 2.75) is 6.42 Å². The van der Waals surface area contributed by atoms with E-state index in [-0.39, 0.29) is 0 Å². The molecule has 12 heavy (non-hydrogen) atoms. The summed E-state index contributed by atoms with van der Waals surface area (Å²) in [5.74, 6) is 0.591. The average Bonchev–Trinajstić information content (AvgIpc) is 2.59. The summed E-state index contributed by atoms with van der Waals surface area (Å²) in [4.78, 5) is 4.13. The maximum absolute atomic E-state index is 4.98. The van der Waals surface area contributed by atoms with E-state index in [9.17, 15) is 0 Å². The maximum atomic E-state index is 4.98. The van der Waals surface area contributed by atoms with Crippen LogP contribution in [0.1, 0.15) is 11.6 Å². The van der Waals surface area contributed by atoms with Gasteiger partial charge in [0.15, 0.2) is 0 Å². The standard InChI is InChI=1S/C8H7N3O/c1-2-4-9-7(3-1)5-8-11-10-6-12-8/h1-4,6H,5H2. The van der Waals surface area contributed by atoms with E-state index in [1.807, 2.05) is 18.2 Å². The predicted molar refractivity (Wildman–Crippen MR) is 41.3 cm³/mol. The van der Waals surface area contributed by atoms with Gasteiger partial charge in [0.2, 0.25) is 12.3 Å². The first kappa shape index (κ1) is 6.97. The zero-order chi connectivity index (χ0) is 8.23. The Labute approximate surface area is 69.3 Å². The number of rotatable bonds is 2. The quantitative estimate of drug-likeness (QED) is 0.660. The van der Waals surface area contributed by atoms with E-state index < -0.39 is 0 Å². The molecule has 0 amide bonds. The van der Waals surface area contributed by atoms with Gasteiger partial charge in [-0.25, -0.2) is 0 Å². The number of pyridine rings is 1. The van der Waals surface area contributed by atoms with E-state index in [0.29, 0.717) is 12.3 Å². The van der Waals surface area contributed by atoms with Gasteiger partial charge in [-0.2, -0.15) is 0 Å². The molecule has 0 unspecified atom stereocenters. The van der Waals surface area contributed by atoms with Crippen molar-refractivity contribution < 1.29 is 4.42 Å². The Morgan fingerprint density at radius 2 is 2.33 bits per heavy atom. The molecule has 60 valence electrons. The molecule has 0 radical (unpaired) electrons. The Hall–Kier alpha value is -1.71. The van der Waals surface area contributed by atoms with Crippen LogP contribution in [0.4, 0.5) is 0 Å². The van der Waals surface area contributed by atoms with Crippen LogP contribution in [0.25, 0.3) is 0 Å². The van der Waals surface area contributed by atoms with Crippen molar-refractivity contribution in [2.75, 3.05) is 0 Å². The fraction of sp³-hybridized carbons (Fsp3) is 0.125. The topological polar surface area (TPSA) is 51.8 Å². The van der Waals surface area contributed by atoms with Crippen LogP contribution in [0.2, 0.25) is 0 Å². The molecule has 0 aromatic carbocycles. The molecular formula is C8H7N3O. The minimum Gasteiger partial charge on any atom is -0.428 e. The van der Waals surface area contributed by atoms with Gasteiger partial charge >= 0.3 is 0 Å². The van der Waals surface area contributed by atoms with Gasteiger partial charge < -0.3 is 4.42 Å². The fourth-order valence-electron chi connectivity index (χ4n) is 0.931. The number of hydrogen-bond donors (Lipinski definition) is 0. The highest BCUT2D eigenvalue weighted by atomic mass is 16.4. The molecule has 0 atom stereocenters. The van der Waals surface area contributed by atoms with Gasteiger partial charge in [-0.15, -0.1) is 10.2 Å². The number of hydrogen-bond acceptors (Lipinski definition) is 4. The summed E-state index contributed by atoms with van der Waals surface area (Å²) >= 11 is 0. The second kappa shape index (κ2) is 3.13. The van der Waals surface area contributed by atoms with E-state index >= 15 is 0 Å². The molecule has 0 aliphatic carbocycles. The second-order valence-corrected chi connectivity index (χ2v) is 2.33. The van der Waals surface area contributed by atoms with Gasteiger partial charge in [-0.1, -0.05) is 6.07 Å². The van der Waals surface area contributed by atoms with E-state index in [4.69, 9.17) is 4.42 Å². The first-order chi connectivity index (χ1) is 5.95. The summed E-state index contributed by atoms with van der Waals surface area (Å²) in [5, 5.41) is 7.33. The van der Waals surface area contributed by atoms with Crippen LogP contribution in [-0.4, -0.2) is 15.2 Å². The highest BCUT2D eigenvalue weighted by Gasteiger charge is 2.00. The Morgan fingerprint density at radius 1 is 1.33 bits per heavy atom. The third kappa shape index (κ3) is 1.47. The van der Waals surface area contributed by atoms with Gasteiger partial charge in [0.1, 0.15) is 0 Å². The lowest BCUT2D eigenvalue weighted by Crippen LogP contribution is -1.90. The summed E-state index contributed by atoms with van der Waals surface area (Å²) in [6, 6.07) is 5.72. The molecule has 0 N–H and O–H groups in total.